The predicted molar refractivity (Wildman–Crippen MR) is 67.0 cm³/mol. The van der Waals surface area contributed by atoms with E-state index in [1.807, 2.05) is 0 Å². The Kier molecular flexibility index (Phi) is 11.6. The number of unbranched alkanes of at least 4 members (excludes halogenated alkanes) is 4. The maximum Gasteiger partial charge on any atom is 0.305 e. The largest absolute Gasteiger partial charge is 0.469 e. The van der Waals surface area contributed by atoms with Crippen molar-refractivity contribution in [2.75, 3.05) is 20.3 Å². The number of carbonyl (C=O) groups excluding carboxylic acids is 2. The Morgan fingerprint density at radius 1 is 0.889 bits per heavy atom. The third-order valence-electron chi connectivity index (χ3n) is 2.55. The molecule has 0 aliphatic rings. The minimum absolute atomic E-state index is 0.176. The van der Waals surface area contributed by atoms with E-state index in [-0.39, 0.29) is 18.5 Å². The molecular weight excluding hydrogens is 236 g/mol. The van der Waals surface area contributed by atoms with E-state index in [2.05, 4.69) is 4.74 Å². The summed E-state index contributed by atoms with van der Waals surface area (Å²) in [6.45, 7) is 0.593. The molecule has 0 saturated carbocycles. The van der Waals surface area contributed by atoms with Crippen molar-refractivity contribution in [1.29, 1.82) is 0 Å². The first-order chi connectivity index (χ1) is 8.70. The van der Waals surface area contributed by atoms with E-state index in [1.165, 1.54) is 7.11 Å². The van der Waals surface area contributed by atoms with Crippen molar-refractivity contribution in [2.24, 2.45) is 0 Å². The Balaban J connectivity index is 3.22. The van der Waals surface area contributed by atoms with Gasteiger partial charge in [-0.1, -0.05) is 6.42 Å². The van der Waals surface area contributed by atoms with Gasteiger partial charge in [0, 0.05) is 19.4 Å². The van der Waals surface area contributed by atoms with Crippen LogP contribution in [0.5, 0.6) is 0 Å². The van der Waals surface area contributed by atoms with E-state index in [1.54, 1.807) is 0 Å². The van der Waals surface area contributed by atoms with Crippen molar-refractivity contribution >= 4 is 11.9 Å². The minimum Gasteiger partial charge on any atom is -0.469 e. The third-order valence-corrected chi connectivity index (χ3v) is 2.55. The monoisotopic (exact) mass is 260 g/mol. The molecule has 0 aromatic heterocycles. The van der Waals surface area contributed by atoms with Crippen molar-refractivity contribution in [2.45, 2.75) is 51.4 Å². The SMILES string of the molecule is COC(=O)CCCCCOC(=O)CCCCCO. The second-order valence-corrected chi connectivity index (χ2v) is 4.14. The molecule has 0 atom stereocenters. The lowest BCUT2D eigenvalue weighted by Gasteiger charge is -2.04. The molecule has 0 unspecified atom stereocenters. The molecule has 0 spiro atoms. The van der Waals surface area contributed by atoms with Crippen LogP contribution in [-0.2, 0) is 19.1 Å². The molecule has 18 heavy (non-hydrogen) atoms. The molecule has 0 heterocycles. The molecule has 0 rings (SSSR count). The topological polar surface area (TPSA) is 72.8 Å². The number of esters is 2. The van der Waals surface area contributed by atoms with Gasteiger partial charge in [-0.05, 0) is 32.1 Å². The quantitative estimate of drug-likeness (QED) is 0.453. The Hall–Kier alpha value is -1.10. The fourth-order valence-electron chi connectivity index (χ4n) is 1.47. The van der Waals surface area contributed by atoms with Gasteiger partial charge < -0.3 is 14.6 Å². The Bertz CT molecular complexity index is 227. The summed E-state index contributed by atoms with van der Waals surface area (Å²) in [4.78, 5) is 22.0. The van der Waals surface area contributed by atoms with Gasteiger partial charge in [-0.15, -0.1) is 0 Å². The summed E-state index contributed by atoms with van der Waals surface area (Å²) in [6.07, 6.45) is 5.59. The van der Waals surface area contributed by atoms with Crippen LogP contribution in [0.2, 0.25) is 0 Å². The molecule has 0 amide bonds. The molecule has 5 heteroatoms. The fraction of sp³-hybridized carbons (Fsp3) is 0.846. The van der Waals surface area contributed by atoms with Gasteiger partial charge in [-0.2, -0.15) is 0 Å². The third kappa shape index (κ3) is 11.4. The highest BCUT2D eigenvalue weighted by atomic mass is 16.5. The highest BCUT2D eigenvalue weighted by molar-refractivity contribution is 5.69. The highest BCUT2D eigenvalue weighted by Crippen LogP contribution is 2.04. The van der Waals surface area contributed by atoms with E-state index in [0.29, 0.717) is 19.4 Å². The Labute approximate surface area is 108 Å². The Morgan fingerprint density at radius 2 is 1.50 bits per heavy atom. The van der Waals surface area contributed by atoms with Gasteiger partial charge in [0.15, 0.2) is 0 Å². The van der Waals surface area contributed by atoms with Crippen LogP contribution >= 0.6 is 0 Å². The zero-order valence-corrected chi connectivity index (χ0v) is 11.2. The van der Waals surface area contributed by atoms with Crippen LogP contribution in [0.1, 0.15) is 51.4 Å². The van der Waals surface area contributed by atoms with Crippen LogP contribution in [0, 0.1) is 0 Å². The normalized spacial score (nSPS) is 10.1. The van der Waals surface area contributed by atoms with Gasteiger partial charge in [0.1, 0.15) is 0 Å². The molecule has 0 radical (unpaired) electrons. The minimum atomic E-state index is -0.198. The summed E-state index contributed by atoms with van der Waals surface area (Å²) >= 11 is 0. The molecule has 0 saturated heterocycles. The number of aliphatic hydroxyl groups is 1. The van der Waals surface area contributed by atoms with E-state index >= 15 is 0 Å². The molecule has 1 N–H and O–H groups in total. The first-order valence-corrected chi connectivity index (χ1v) is 6.54. The summed E-state index contributed by atoms with van der Waals surface area (Å²) in [5, 5.41) is 8.56. The summed E-state index contributed by atoms with van der Waals surface area (Å²) < 4.78 is 9.56. The zero-order chi connectivity index (χ0) is 13.6. The van der Waals surface area contributed by atoms with E-state index < -0.39 is 0 Å². The molecule has 106 valence electrons. The lowest BCUT2D eigenvalue weighted by atomic mass is 10.2. The number of ether oxygens (including phenoxy) is 2. The number of methoxy groups -OCH3 is 1. The molecule has 0 aliphatic heterocycles. The van der Waals surface area contributed by atoms with Crippen LogP contribution in [0.25, 0.3) is 0 Å². The summed E-state index contributed by atoms with van der Waals surface area (Å²) in [7, 11) is 1.38. The number of hydrogen-bond acceptors (Lipinski definition) is 5. The van der Waals surface area contributed by atoms with Crippen molar-refractivity contribution < 1.29 is 24.2 Å². The van der Waals surface area contributed by atoms with Crippen molar-refractivity contribution in [3.05, 3.63) is 0 Å². The molecule has 5 nitrogen and oxygen atoms in total. The van der Waals surface area contributed by atoms with Crippen LogP contribution in [0.3, 0.4) is 0 Å². The number of hydrogen-bond donors (Lipinski definition) is 1. The van der Waals surface area contributed by atoms with Gasteiger partial charge in [0.05, 0.1) is 13.7 Å². The fourth-order valence-corrected chi connectivity index (χ4v) is 1.47. The van der Waals surface area contributed by atoms with Crippen LogP contribution in [0.15, 0.2) is 0 Å². The smallest absolute Gasteiger partial charge is 0.305 e. The molecule has 0 aliphatic carbocycles. The van der Waals surface area contributed by atoms with Crippen molar-refractivity contribution in [3.8, 4) is 0 Å². The summed E-state index contributed by atoms with van der Waals surface area (Å²) in [6, 6.07) is 0. The average Bonchev–Trinajstić information content (AvgIpc) is 2.38. The maximum absolute atomic E-state index is 11.2. The average molecular weight is 260 g/mol. The lowest BCUT2D eigenvalue weighted by Crippen LogP contribution is -2.06. The van der Waals surface area contributed by atoms with Crippen molar-refractivity contribution in [1.82, 2.24) is 0 Å². The molecule has 0 aromatic rings. The Morgan fingerprint density at radius 3 is 2.11 bits per heavy atom. The first kappa shape index (κ1) is 16.9. The number of rotatable bonds is 11. The summed E-state index contributed by atoms with van der Waals surface area (Å²) in [5.74, 6) is -0.378. The van der Waals surface area contributed by atoms with Crippen LogP contribution < -0.4 is 0 Å². The molecule has 0 fully saturated rings. The molecule has 0 bridgehead atoms. The summed E-state index contributed by atoms with van der Waals surface area (Å²) in [5.41, 5.74) is 0. The number of aliphatic hydroxyl groups excluding tert-OH is 1. The van der Waals surface area contributed by atoms with Gasteiger partial charge in [0.25, 0.3) is 0 Å². The molecular formula is C13H24O5. The van der Waals surface area contributed by atoms with Crippen molar-refractivity contribution in [3.63, 3.8) is 0 Å². The lowest BCUT2D eigenvalue weighted by molar-refractivity contribution is -0.144. The van der Waals surface area contributed by atoms with Gasteiger partial charge in [-0.3, -0.25) is 9.59 Å². The zero-order valence-electron chi connectivity index (χ0n) is 11.2. The van der Waals surface area contributed by atoms with Crippen LogP contribution in [-0.4, -0.2) is 37.4 Å². The number of carbonyl (C=O) groups is 2. The maximum atomic E-state index is 11.2. The highest BCUT2D eigenvalue weighted by Gasteiger charge is 2.03. The van der Waals surface area contributed by atoms with Crippen LogP contribution in [0.4, 0.5) is 0 Å². The second kappa shape index (κ2) is 12.4. The van der Waals surface area contributed by atoms with Gasteiger partial charge >= 0.3 is 11.9 Å². The second-order valence-electron chi connectivity index (χ2n) is 4.14. The predicted octanol–water partition coefficient (Wildman–Crippen LogP) is 1.82. The molecule has 0 aromatic carbocycles. The van der Waals surface area contributed by atoms with Gasteiger partial charge in [0.2, 0.25) is 0 Å². The van der Waals surface area contributed by atoms with Gasteiger partial charge in [-0.25, -0.2) is 0 Å². The standard InChI is InChI=1S/C13H24O5/c1-17-12(15)8-5-3-7-11-18-13(16)9-4-2-6-10-14/h14H,2-11H2,1H3. The first-order valence-electron chi connectivity index (χ1n) is 6.54. The van der Waals surface area contributed by atoms with E-state index in [9.17, 15) is 9.59 Å². The van der Waals surface area contributed by atoms with E-state index in [4.69, 9.17) is 9.84 Å². The van der Waals surface area contributed by atoms with E-state index in [0.717, 1.165) is 38.5 Å².